The van der Waals surface area contributed by atoms with Crippen molar-refractivity contribution in [2.45, 2.75) is 82.9 Å². The van der Waals surface area contributed by atoms with Crippen LogP contribution in [-0.2, 0) is 22.1 Å². The molecule has 1 fully saturated rings. The Morgan fingerprint density at radius 3 is 2.49 bits per heavy atom. The highest BCUT2D eigenvalue weighted by Crippen LogP contribution is 2.42. The van der Waals surface area contributed by atoms with Crippen LogP contribution in [0.25, 0.3) is 5.69 Å². The number of anilines is 1. The lowest BCUT2D eigenvalue weighted by Gasteiger charge is -2.30. The van der Waals surface area contributed by atoms with Crippen molar-refractivity contribution in [1.82, 2.24) is 9.78 Å². The molecule has 1 atom stereocenters. The van der Waals surface area contributed by atoms with Gasteiger partial charge >= 0.3 is 12.1 Å². The van der Waals surface area contributed by atoms with E-state index >= 15 is 0 Å². The van der Waals surface area contributed by atoms with Gasteiger partial charge in [-0.25, -0.2) is 4.68 Å². The minimum absolute atomic E-state index is 0.00187. The molecule has 1 unspecified atom stereocenters. The monoisotopic (exact) mass is 566 g/mol. The molecule has 3 N–H and O–H groups in total. The van der Waals surface area contributed by atoms with Crippen LogP contribution in [0.5, 0.6) is 0 Å². The van der Waals surface area contributed by atoms with Gasteiger partial charge in [0.05, 0.1) is 28.7 Å². The van der Waals surface area contributed by atoms with Crippen molar-refractivity contribution in [2.24, 2.45) is 11.1 Å². The number of ether oxygens (including phenoxy) is 1. The van der Waals surface area contributed by atoms with Crippen molar-refractivity contribution in [3.8, 4) is 5.69 Å². The van der Waals surface area contributed by atoms with Gasteiger partial charge in [-0.15, -0.1) is 0 Å². The summed E-state index contributed by atoms with van der Waals surface area (Å²) in [5, 5.41) is 6.65. The number of fused-ring (bicyclic) bond motifs is 1. The number of nitrogens with one attached hydrogen (secondary N) is 1. The quantitative estimate of drug-likeness (QED) is 0.251. The van der Waals surface area contributed by atoms with Crippen molar-refractivity contribution in [1.29, 1.82) is 0 Å². The molecule has 4 rings (SSSR count). The normalized spacial score (nSPS) is 21.7. The van der Waals surface area contributed by atoms with E-state index in [1.54, 1.807) is 19.1 Å². The number of alkyl halides is 3. The lowest BCUT2D eigenvalue weighted by Crippen LogP contribution is -2.33. The molecular formula is C27H33F3N4O4S. The molecule has 8 nitrogen and oxygen atoms in total. The second kappa shape index (κ2) is 11.0. The fourth-order valence-electron chi connectivity index (χ4n) is 5.36. The Morgan fingerprint density at radius 2 is 1.90 bits per heavy atom. The predicted octanol–water partition coefficient (Wildman–Crippen LogP) is 4.77. The Bertz CT molecular complexity index is 1280. The number of thiol groups is 1. The summed E-state index contributed by atoms with van der Waals surface area (Å²) in [5.74, 6) is -1.29. The summed E-state index contributed by atoms with van der Waals surface area (Å²) in [7, 11) is 0. The van der Waals surface area contributed by atoms with Gasteiger partial charge in [-0.3, -0.25) is 14.4 Å². The van der Waals surface area contributed by atoms with Gasteiger partial charge in [0.2, 0.25) is 0 Å². The maximum absolute atomic E-state index is 13.9. The number of hydrogen-bond acceptors (Lipinski definition) is 8. The number of carbonyl (C=O) groups excluding carboxylic acids is 3. The van der Waals surface area contributed by atoms with Crippen LogP contribution < -0.4 is 11.1 Å². The molecular weight excluding hydrogens is 533 g/mol. The number of nitrogens with two attached hydrogens (primary N) is 1. The fraction of sp³-hybridized carbons (Fsp3) is 0.556. The average molecular weight is 567 g/mol. The maximum atomic E-state index is 13.9. The van der Waals surface area contributed by atoms with Gasteiger partial charge in [-0.05, 0) is 62.6 Å². The largest absolute Gasteiger partial charge is 0.461 e. The molecule has 0 saturated heterocycles. The first-order valence-corrected chi connectivity index (χ1v) is 13.5. The summed E-state index contributed by atoms with van der Waals surface area (Å²) in [6.45, 7) is 5.13. The molecule has 0 amide bonds. The summed E-state index contributed by atoms with van der Waals surface area (Å²) in [5.41, 5.74) is 4.53. The highest BCUT2D eigenvalue weighted by molar-refractivity contribution is 7.81. The molecule has 2 aliphatic carbocycles. The number of esters is 1. The van der Waals surface area contributed by atoms with Gasteiger partial charge in [0.1, 0.15) is 6.10 Å². The number of Topliss-reactive ketones (excluding diaryl/α,β-unsaturated/α-hetero) is 2. The second-order valence-electron chi connectivity index (χ2n) is 11.1. The van der Waals surface area contributed by atoms with Crippen LogP contribution in [0.15, 0.2) is 18.2 Å². The standard InChI is InChI=1S/C27H33F3N4O4S/c1-14(39)24(37)18-9-6-16(10-19(18)32-15-4-7-17(8-5-15)38-22(36)13-31)34-20-11-26(2,3)12-21(35)23(20)25(33-34)27(28,29)30/h6,9-10,14-15,17,32,39H,4-5,7-8,11-13,31H2,1-3H3/t14?,15-,17-. The molecule has 0 bridgehead atoms. The van der Waals surface area contributed by atoms with Gasteiger partial charge in [0.25, 0.3) is 0 Å². The summed E-state index contributed by atoms with van der Waals surface area (Å²) in [6, 6.07) is 4.63. The third kappa shape index (κ3) is 6.32. The molecule has 12 heteroatoms. The van der Waals surface area contributed by atoms with Gasteiger partial charge in [0.15, 0.2) is 17.3 Å². The summed E-state index contributed by atoms with van der Waals surface area (Å²) in [6.07, 6.45) is -2.29. The highest BCUT2D eigenvalue weighted by Gasteiger charge is 2.45. The van der Waals surface area contributed by atoms with Gasteiger partial charge in [-0.1, -0.05) is 13.8 Å². The van der Waals surface area contributed by atoms with E-state index in [9.17, 15) is 27.6 Å². The number of aromatic nitrogens is 2. The SMILES string of the molecule is CC(S)C(=O)c1ccc(-n2nc(C(F)(F)F)c3c2CC(C)(C)CC3=O)cc1N[C@H]1CC[C@H](OC(=O)CN)CC1. The Morgan fingerprint density at radius 1 is 1.23 bits per heavy atom. The van der Waals surface area contributed by atoms with Crippen molar-refractivity contribution in [2.75, 3.05) is 11.9 Å². The van der Waals surface area contributed by atoms with Crippen LogP contribution in [0.4, 0.5) is 18.9 Å². The van der Waals surface area contributed by atoms with Crippen molar-refractivity contribution in [3.63, 3.8) is 0 Å². The molecule has 0 radical (unpaired) electrons. The van der Waals surface area contributed by atoms with Crippen molar-refractivity contribution < 1.29 is 32.3 Å². The molecule has 2 aromatic rings. The Hall–Kier alpha value is -2.86. The van der Waals surface area contributed by atoms with E-state index in [4.69, 9.17) is 10.5 Å². The van der Waals surface area contributed by atoms with Crippen LogP contribution >= 0.6 is 12.6 Å². The number of hydrogen-bond donors (Lipinski definition) is 3. The van der Waals surface area contributed by atoms with Gasteiger partial charge in [0, 0.05) is 23.7 Å². The zero-order valence-corrected chi connectivity index (χ0v) is 23.0. The van der Waals surface area contributed by atoms with Crippen LogP contribution in [0.2, 0.25) is 0 Å². The number of nitrogens with zero attached hydrogens (tertiary/aromatic N) is 2. The summed E-state index contributed by atoms with van der Waals surface area (Å²) < 4.78 is 48.3. The van der Waals surface area contributed by atoms with E-state index in [1.807, 2.05) is 13.8 Å². The lowest BCUT2D eigenvalue weighted by atomic mass is 9.75. The third-order valence-electron chi connectivity index (χ3n) is 7.20. The fourth-order valence-corrected chi connectivity index (χ4v) is 5.50. The first kappa shape index (κ1) is 29.1. The summed E-state index contributed by atoms with van der Waals surface area (Å²) >= 11 is 4.28. The topological polar surface area (TPSA) is 116 Å². The summed E-state index contributed by atoms with van der Waals surface area (Å²) in [4.78, 5) is 37.3. The Labute approximate surface area is 230 Å². The minimum atomic E-state index is -4.79. The molecule has 39 heavy (non-hydrogen) atoms. The first-order chi connectivity index (χ1) is 18.2. The van der Waals surface area contributed by atoms with E-state index in [0.717, 1.165) is 0 Å². The highest BCUT2D eigenvalue weighted by atomic mass is 32.1. The molecule has 212 valence electrons. The van der Waals surface area contributed by atoms with Crippen molar-refractivity contribution >= 4 is 35.9 Å². The smallest absolute Gasteiger partial charge is 0.435 e. The molecule has 1 aromatic carbocycles. The second-order valence-corrected chi connectivity index (χ2v) is 11.9. The molecule has 0 aliphatic heterocycles. The lowest BCUT2D eigenvalue weighted by molar-refractivity contribution is -0.148. The zero-order valence-electron chi connectivity index (χ0n) is 22.1. The van der Waals surface area contributed by atoms with Gasteiger partial charge in [-0.2, -0.15) is 30.9 Å². The molecule has 1 aromatic heterocycles. The number of ketones is 2. The number of carbonyl (C=O) groups is 3. The zero-order chi connectivity index (χ0) is 28.7. The van der Waals surface area contributed by atoms with E-state index in [0.29, 0.717) is 42.6 Å². The van der Waals surface area contributed by atoms with Gasteiger partial charge < -0.3 is 15.8 Å². The third-order valence-corrected chi connectivity index (χ3v) is 7.44. The van der Waals surface area contributed by atoms with Crippen LogP contribution in [0, 0.1) is 5.41 Å². The van der Waals surface area contributed by atoms with E-state index in [1.165, 1.54) is 10.7 Å². The number of benzene rings is 1. The average Bonchev–Trinajstić information content (AvgIpc) is 3.24. The van der Waals surface area contributed by atoms with E-state index < -0.39 is 34.3 Å². The van der Waals surface area contributed by atoms with Crippen LogP contribution in [0.3, 0.4) is 0 Å². The van der Waals surface area contributed by atoms with Crippen molar-refractivity contribution in [3.05, 3.63) is 40.7 Å². The molecule has 1 saturated carbocycles. The van der Waals surface area contributed by atoms with E-state index in [2.05, 4.69) is 23.0 Å². The first-order valence-electron chi connectivity index (χ1n) is 12.9. The minimum Gasteiger partial charge on any atom is -0.461 e. The molecule has 0 spiro atoms. The van der Waals surface area contributed by atoms with Crippen LogP contribution in [0.1, 0.15) is 85.0 Å². The van der Waals surface area contributed by atoms with E-state index in [-0.39, 0.29) is 48.6 Å². The van der Waals surface area contributed by atoms with Crippen LogP contribution in [-0.4, -0.2) is 51.3 Å². The molecule has 1 heterocycles. The number of halogens is 3. The predicted molar refractivity (Wildman–Crippen MR) is 143 cm³/mol. The Kier molecular flexibility index (Phi) is 8.18. The Balaban J connectivity index is 1.72. The maximum Gasteiger partial charge on any atom is 0.435 e. The molecule has 2 aliphatic rings. The number of rotatable bonds is 7.